The van der Waals surface area contributed by atoms with Crippen LogP contribution in [0, 0.1) is 17.8 Å². The highest BCUT2D eigenvalue weighted by atomic mass is 79.9. The number of hydrogen-bond acceptors (Lipinski definition) is 3. The lowest BCUT2D eigenvalue weighted by Gasteiger charge is -2.12. The number of halogens is 1. The van der Waals surface area contributed by atoms with Gasteiger partial charge in [0.15, 0.2) is 0 Å². The Kier molecular flexibility index (Phi) is 4.55. The first-order chi connectivity index (χ1) is 11.7. The molecular weight excluding hydrogens is 382 g/mol. The molecule has 1 aromatic heterocycles. The molecule has 0 saturated heterocycles. The average molecular weight is 402 g/mol. The Balaban J connectivity index is 1.70. The SMILES string of the molecule is CCN=c1scc(-c2ccc(Br)cc2)n1N=CC1CC2C=CC1C2. The molecule has 2 aromatic rings. The Bertz CT molecular complexity index is 844. The number of nitrogens with zero attached hydrogens (tertiary/aromatic N) is 3. The van der Waals surface area contributed by atoms with Crippen LogP contribution in [0.1, 0.15) is 19.8 Å². The summed E-state index contributed by atoms with van der Waals surface area (Å²) in [4.78, 5) is 5.57. The molecule has 124 valence electrons. The maximum absolute atomic E-state index is 4.85. The number of fused-ring (bicyclic) bond motifs is 2. The van der Waals surface area contributed by atoms with Crippen molar-refractivity contribution in [1.29, 1.82) is 0 Å². The summed E-state index contributed by atoms with van der Waals surface area (Å²) in [5.74, 6) is 2.02. The van der Waals surface area contributed by atoms with E-state index in [2.05, 4.69) is 75.9 Å². The number of allylic oxidation sites excluding steroid dienone is 2. The Morgan fingerprint density at radius 2 is 2.08 bits per heavy atom. The van der Waals surface area contributed by atoms with E-state index in [0.717, 1.165) is 33.0 Å². The van der Waals surface area contributed by atoms with Gasteiger partial charge in [0.25, 0.3) is 0 Å². The molecule has 0 N–H and O–H groups in total. The van der Waals surface area contributed by atoms with Gasteiger partial charge in [0.1, 0.15) is 0 Å². The van der Waals surface area contributed by atoms with Gasteiger partial charge in [-0.25, -0.2) is 4.68 Å². The number of thiazole rings is 1. The van der Waals surface area contributed by atoms with Crippen molar-refractivity contribution in [2.24, 2.45) is 27.8 Å². The zero-order valence-corrected chi connectivity index (χ0v) is 16.0. The maximum atomic E-state index is 4.85. The number of aromatic nitrogens is 1. The van der Waals surface area contributed by atoms with Crippen LogP contribution in [0.4, 0.5) is 0 Å². The average Bonchev–Trinajstić information content (AvgIpc) is 3.30. The number of rotatable bonds is 4. The second kappa shape index (κ2) is 6.81. The molecule has 2 aliphatic carbocycles. The lowest BCUT2D eigenvalue weighted by atomic mass is 9.95. The number of benzene rings is 1. The third kappa shape index (κ3) is 3.07. The molecule has 4 rings (SSSR count). The molecule has 0 amide bonds. The quantitative estimate of drug-likeness (QED) is 0.512. The third-order valence-corrected chi connectivity index (χ3v) is 6.21. The van der Waals surface area contributed by atoms with E-state index in [-0.39, 0.29) is 0 Å². The van der Waals surface area contributed by atoms with E-state index in [1.54, 1.807) is 11.3 Å². The molecule has 24 heavy (non-hydrogen) atoms. The van der Waals surface area contributed by atoms with Gasteiger partial charge < -0.3 is 0 Å². The summed E-state index contributed by atoms with van der Waals surface area (Å²) in [5.41, 5.74) is 2.27. The Labute approximate surface area is 154 Å². The van der Waals surface area contributed by atoms with Crippen molar-refractivity contribution in [3.05, 3.63) is 51.1 Å². The summed E-state index contributed by atoms with van der Waals surface area (Å²) in [6.45, 7) is 2.83. The summed E-state index contributed by atoms with van der Waals surface area (Å²) in [6, 6.07) is 8.37. The Morgan fingerprint density at radius 1 is 1.25 bits per heavy atom. The van der Waals surface area contributed by atoms with E-state index >= 15 is 0 Å². The fourth-order valence-corrected chi connectivity index (χ4v) is 4.79. The topological polar surface area (TPSA) is 29.6 Å². The van der Waals surface area contributed by atoms with Crippen LogP contribution in [-0.4, -0.2) is 17.4 Å². The molecule has 2 aliphatic rings. The van der Waals surface area contributed by atoms with Crippen molar-refractivity contribution in [2.75, 3.05) is 6.54 Å². The molecule has 1 fully saturated rings. The predicted octanol–water partition coefficient (Wildman–Crippen LogP) is 4.95. The molecule has 3 nitrogen and oxygen atoms in total. The van der Waals surface area contributed by atoms with Gasteiger partial charge in [-0.1, -0.05) is 40.2 Å². The van der Waals surface area contributed by atoms with Gasteiger partial charge in [0, 0.05) is 34.1 Å². The Hall–Kier alpha value is -1.46. The predicted molar refractivity (Wildman–Crippen MR) is 104 cm³/mol. The first-order valence-corrected chi connectivity index (χ1v) is 10.1. The van der Waals surface area contributed by atoms with Crippen LogP contribution in [0.15, 0.2) is 56.4 Å². The molecule has 3 unspecified atom stereocenters. The van der Waals surface area contributed by atoms with E-state index in [0.29, 0.717) is 11.8 Å². The molecular formula is C19H20BrN3S. The van der Waals surface area contributed by atoms with Crippen molar-refractivity contribution in [3.8, 4) is 11.3 Å². The van der Waals surface area contributed by atoms with Gasteiger partial charge in [0.2, 0.25) is 4.80 Å². The highest BCUT2D eigenvalue weighted by molar-refractivity contribution is 9.10. The van der Waals surface area contributed by atoms with E-state index in [1.165, 1.54) is 12.8 Å². The minimum atomic E-state index is 0.569. The second-order valence-electron chi connectivity index (χ2n) is 6.41. The van der Waals surface area contributed by atoms with Crippen LogP contribution < -0.4 is 4.80 Å². The summed E-state index contributed by atoms with van der Waals surface area (Å²) >= 11 is 5.16. The minimum absolute atomic E-state index is 0.569. The zero-order chi connectivity index (χ0) is 16.5. The first-order valence-electron chi connectivity index (χ1n) is 8.44. The highest BCUT2D eigenvalue weighted by Gasteiger charge is 2.34. The largest absolute Gasteiger partial charge is 0.258 e. The summed E-state index contributed by atoms with van der Waals surface area (Å²) in [6.07, 6.45) is 9.44. The lowest BCUT2D eigenvalue weighted by Crippen LogP contribution is -2.15. The van der Waals surface area contributed by atoms with Crippen LogP contribution in [0.2, 0.25) is 0 Å². The molecule has 1 heterocycles. The summed E-state index contributed by atoms with van der Waals surface area (Å²) < 4.78 is 3.09. The fraction of sp³-hybridized carbons (Fsp3) is 0.368. The molecule has 1 saturated carbocycles. The van der Waals surface area contributed by atoms with Crippen molar-refractivity contribution < 1.29 is 0 Å². The third-order valence-electron chi connectivity index (χ3n) is 4.82. The standard InChI is InChI=1S/C19H20BrN3S/c1-2-21-19-23(22-11-16-10-13-3-4-15(16)9-13)18(12-24-19)14-5-7-17(20)8-6-14/h3-8,11-13,15-16H,2,9-10H2,1H3. The molecule has 0 aliphatic heterocycles. The van der Waals surface area contributed by atoms with Crippen LogP contribution in [0.5, 0.6) is 0 Å². The van der Waals surface area contributed by atoms with Crippen LogP contribution >= 0.6 is 27.3 Å². The monoisotopic (exact) mass is 401 g/mol. The van der Waals surface area contributed by atoms with Gasteiger partial charge in [-0.15, -0.1) is 11.3 Å². The smallest absolute Gasteiger partial charge is 0.206 e. The Morgan fingerprint density at radius 3 is 2.75 bits per heavy atom. The molecule has 1 aromatic carbocycles. The van der Waals surface area contributed by atoms with E-state index in [4.69, 9.17) is 5.10 Å². The van der Waals surface area contributed by atoms with Crippen LogP contribution in [0.3, 0.4) is 0 Å². The van der Waals surface area contributed by atoms with Gasteiger partial charge in [-0.05, 0) is 43.7 Å². The maximum Gasteiger partial charge on any atom is 0.206 e. The highest BCUT2D eigenvalue weighted by Crippen LogP contribution is 2.42. The number of hydrogen-bond donors (Lipinski definition) is 0. The first kappa shape index (κ1) is 16.0. The molecule has 0 radical (unpaired) electrons. The van der Waals surface area contributed by atoms with E-state index in [1.807, 2.05) is 4.68 Å². The van der Waals surface area contributed by atoms with Crippen LogP contribution in [0.25, 0.3) is 11.3 Å². The van der Waals surface area contributed by atoms with E-state index in [9.17, 15) is 0 Å². The molecule has 2 bridgehead atoms. The summed E-state index contributed by atoms with van der Waals surface area (Å²) in [7, 11) is 0. The van der Waals surface area contributed by atoms with Gasteiger partial charge in [0.05, 0.1) is 5.69 Å². The molecule has 3 atom stereocenters. The van der Waals surface area contributed by atoms with Crippen molar-refractivity contribution in [1.82, 2.24) is 4.68 Å². The van der Waals surface area contributed by atoms with Gasteiger partial charge in [-0.2, -0.15) is 5.10 Å². The van der Waals surface area contributed by atoms with Gasteiger partial charge >= 0.3 is 0 Å². The summed E-state index contributed by atoms with van der Waals surface area (Å²) in [5, 5.41) is 7.00. The fourth-order valence-electron chi connectivity index (χ4n) is 3.62. The van der Waals surface area contributed by atoms with E-state index < -0.39 is 0 Å². The molecule has 0 spiro atoms. The van der Waals surface area contributed by atoms with Crippen molar-refractivity contribution in [3.63, 3.8) is 0 Å². The van der Waals surface area contributed by atoms with Crippen molar-refractivity contribution in [2.45, 2.75) is 19.8 Å². The second-order valence-corrected chi connectivity index (χ2v) is 8.16. The lowest BCUT2D eigenvalue weighted by molar-refractivity contribution is 0.589. The normalized spacial score (nSPS) is 26.1. The van der Waals surface area contributed by atoms with Gasteiger partial charge in [-0.3, -0.25) is 4.99 Å². The van der Waals surface area contributed by atoms with Crippen molar-refractivity contribution >= 4 is 33.5 Å². The zero-order valence-electron chi connectivity index (χ0n) is 13.6. The van der Waals surface area contributed by atoms with Crippen LogP contribution in [-0.2, 0) is 0 Å². The molecule has 5 heteroatoms. The minimum Gasteiger partial charge on any atom is -0.258 e.